The van der Waals surface area contributed by atoms with Crippen LogP contribution in [0.25, 0.3) is 0 Å². The van der Waals surface area contributed by atoms with Crippen molar-refractivity contribution in [1.29, 1.82) is 0 Å². The quantitative estimate of drug-likeness (QED) is 0.692. The molecule has 0 fully saturated rings. The largest absolute Gasteiger partial charge is 0.493 e. The van der Waals surface area contributed by atoms with E-state index in [1.54, 1.807) is 44.6 Å². The third-order valence-corrected chi connectivity index (χ3v) is 5.06. The lowest BCUT2D eigenvalue weighted by molar-refractivity contribution is -0.116. The van der Waals surface area contributed by atoms with E-state index >= 15 is 0 Å². The molecule has 1 N–H and O–H groups in total. The van der Waals surface area contributed by atoms with E-state index in [-0.39, 0.29) is 18.2 Å². The molecule has 0 bridgehead atoms. The Morgan fingerprint density at radius 3 is 2.59 bits per heavy atom. The predicted molar refractivity (Wildman–Crippen MR) is 107 cm³/mol. The van der Waals surface area contributed by atoms with Gasteiger partial charge in [0, 0.05) is 35.9 Å². The molecule has 1 unspecified atom stereocenters. The molecule has 3 heterocycles. The van der Waals surface area contributed by atoms with Gasteiger partial charge in [-0.3, -0.25) is 9.78 Å². The van der Waals surface area contributed by atoms with Crippen LogP contribution in [0, 0.1) is 0 Å². The van der Waals surface area contributed by atoms with E-state index < -0.39 is 0 Å². The molecule has 1 atom stereocenters. The summed E-state index contributed by atoms with van der Waals surface area (Å²) in [6.45, 7) is 0.513. The van der Waals surface area contributed by atoms with Crippen molar-refractivity contribution in [2.45, 2.75) is 18.9 Å². The standard InChI is InChI=1S/C21H22N4O4/c1-27-17-7-6-14(19(28-2)20(17)29-3)15-9-18(26)24-21-16(15)11-23-25(21)12-13-5-4-8-22-10-13/h4-8,10-11,15H,9,12H2,1-3H3,(H,24,26). The van der Waals surface area contributed by atoms with E-state index in [0.717, 1.165) is 16.7 Å². The fourth-order valence-corrected chi connectivity index (χ4v) is 3.73. The molecular formula is C21H22N4O4. The Morgan fingerprint density at radius 1 is 1.07 bits per heavy atom. The average Bonchev–Trinajstić information content (AvgIpc) is 3.15. The maximum atomic E-state index is 12.5. The average molecular weight is 394 g/mol. The zero-order chi connectivity index (χ0) is 20.4. The van der Waals surface area contributed by atoms with Crippen molar-refractivity contribution >= 4 is 11.7 Å². The smallest absolute Gasteiger partial charge is 0.226 e. The van der Waals surface area contributed by atoms with Crippen LogP contribution in [0.1, 0.15) is 29.0 Å². The first-order chi connectivity index (χ1) is 14.2. The van der Waals surface area contributed by atoms with Gasteiger partial charge in [-0.1, -0.05) is 12.1 Å². The van der Waals surface area contributed by atoms with Gasteiger partial charge in [-0.25, -0.2) is 4.68 Å². The summed E-state index contributed by atoms with van der Waals surface area (Å²) in [5.41, 5.74) is 2.78. The highest BCUT2D eigenvalue weighted by Gasteiger charge is 2.33. The van der Waals surface area contributed by atoms with Crippen molar-refractivity contribution in [3.8, 4) is 17.2 Å². The summed E-state index contributed by atoms with van der Waals surface area (Å²) in [6.07, 6.45) is 5.60. The van der Waals surface area contributed by atoms with Gasteiger partial charge in [0.1, 0.15) is 5.82 Å². The van der Waals surface area contributed by atoms with Gasteiger partial charge in [0.25, 0.3) is 0 Å². The Hall–Kier alpha value is -3.55. The summed E-state index contributed by atoms with van der Waals surface area (Å²) in [7, 11) is 4.72. The van der Waals surface area contributed by atoms with Crippen molar-refractivity contribution < 1.29 is 19.0 Å². The second-order valence-corrected chi connectivity index (χ2v) is 6.70. The summed E-state index contributed by atoms with van der Waals surface area (Å²) in [5, 5.41) is 7.47. The Balaban J connectivity index is 1.78. The van der Waals surface area contributed by atoms with Crippen LogP contribution in [0.3, 0.4) is 0 Å². The van der Waals surface area contributed by atoms with Crippen molar-refractivity contribution in [2.75, 3.05) is 26.6 Å². The van der Waals surface area contributed by atoms with Crippen LogP contribution in [0.5, 0.6) is 17.2 Å². The fraction of sp³-hybridized carbons (Fsp3) is 0.286. The van der Waals surface area contributed by atoms with Gasteiger partial charge in [0.15, 0.2) is 11.5 Å². The molecule has 3 aromatic rings. The molecule has 8 heteroatoms. The molecule has 1 amide bonds. The number of nitrogens with zero attached hydrogens (tertiary/aromatic N) is 3. The molecule has 2 aromatic heterocycles. The minimum atomic E-state index is -0.212. The first-order valence-corrected chi connectivity index (χ1v) is 9.19. The number of methoxy groups -OCH3 is 3. The number of rotatable bonds is 6. The Kier molecular flexibility index (Phi) is 5.07. The highest BCUT2D eigenvalue weighted by molar-refractivity contribution is 5.94. The second kappa shape index (κ2) is 7.83. The van der Waals surface area contributed by atoms with Crippen molar-refractivity contribution in [3.05, 3.63) is 59.5 Å². The Bertz CT molecular complexity index is 1030. The molecule has 0 radical (unpaired) electrons. The first kappa shape index (κ1) is 18.8. The number of fused-ring (bicyclic) bond motifs is 1. The number of ether oxygens (including phenoxy) is 3. The van der Waals surface area contributed by atoms with Gasteiger partial charge in [0.05, 0.1) is 34.1 Å². The second-order valence-electron chi connectivity index (χ2n) is 6.70. The van der Waals surface area contributed by atoms with Crippen molar-refractivity contribution in [2.24, 2.45) is 0 Å². The number of hydrogen-bond acceptors (Lipinski definition) is 6. The van der Waals surface area contributed by atoms with Crippen molar-refractivity contribution in [3.63, 3.8) is 0 Å². The molecule has 29 heavy (non-hydrogen) atoms. The van der Waals surface area contributed by atoms with Crippen LogP contribution in [-0.2, 0) is 11.3 Å². The lowest BCUT2D eigenvalue weighted by Gasteiger charge is -2.26. The number of carbonyl (C=O) groups excluding carboxylic acids is 1. The minimum absolute atomic E-state index is 0.0766. The zero-order valence-corrected chi connectivity index (χ0v) is 16.5. The van der Waals surface area contributed by atoms with Gasteiger partial charge in [-0.05, 0) is 17.7 Å². The van der Waals surface area contributed by atoms with E-state index in [4.69, 9.17) is 14.2 Å². The van der Waals surface area contributed by atoms with Gasteiger partial charge >= 0.3 is 0 Å². The Labute approximate surface area is 168 Å². The van der Waals surface area contributed by atoms with E-state index in [1.807, 2.05) is 24.3 Å². The molecule has 0 aliphatic carbocycles. The molecule has 0 saturated heterocycles. The summed E-state index contributed by atoms with van der Waals surface area (Å²) in [4.78, 5) is 16.7. The van der Waals surface area contributed by atoms with E-state index in [1.165, 1.54) is 0 Å². The molecule has 1 aliphatic heterocycles. The molecule has 0 saturated carbocycles. The van der Waals surface area contributed by atoms with Crippen LogP contribution in [0.2, 0.25) is 0 Å². The van der Waals surface area contributed by atoms with Gasteiger partial charge < -0.3 is 19.5 Å². The maximum Gasteiger partial charge on any atom is 0.226 e. The first-order valence-electron chi connectivity index (χ1n) is 9.19. The van der Waals surface area contributed by atoms with Crippen molar-refractivity contribution in [1.82, 2.24) is 14.8 Å². The lowest BCUT2D eigenvalue weighted by Crippen LogP contribution is -2.25. The number of pyridine rings is 1. The Morgan fingerprint density at radius 2 is 1.90 bits per heavy atom. The molecule has 1 aliphatic rings. The predicted octanol–water partition coefficient (Wildman–Crippen LogP) is 2.83. The number of amides is 1. The number of aromatic nitrogens is 3. The summed E-state index contributed by atoms with van der Waals surface area (Å²) >= 11 is 0. The van der Waals surface area contributed by atoms with Crippen LogP contribution in [0.15, 0.2) is 42.9 Å². The number of carbonyl (C=O) groups is 1. The van der Waals surface area contributed by atoms with Crippen LogP contribution in [-0.4, -0.2) is 42.0 Å². The normalized spacial score (nSPS) is 15.4. The van der Waals surface area contributed by atoms with E-state index in [9.17, 15) is 4.79 Å². The molecule has 4 rings (SSSR count). The molecule has 8 nitrogen and oxygen atoms in total. The number of hydrogen-bond donors (Lipinski definition) is 1. The van der Waals surface area contributed by atoms with Crippen LogP contribution >= 0.6 is 0 Å². The maximum absolute atomic E-state index is 12.5. The molecule has 1 aromatic carbocycles. The summed E-state index contributed by atoms with van der Waals surface area (Å²) < 4.78 is 18.3. The zero-order valence-electron chi connectivity index (χ0n) is 16.5. The van der Waals surface area contributed by atoms with E-state index in [2.05, 4.69) is 15.4 Å². The van der Waals surface area contributed by atoms with E-state index in [0.29, 0.717) is 29.6 Å². The summed E-state index contributed by atoms with van der Waals surface area (Å²) in [5.74, 6) is 2.02. The third kappa shape index (κ3) is 3.37. The minimum Gasteiger partial charge on any atom is -0.493 e. The third-order valence-electron chi connectivity index (χ3n) is 5.06. The number of anilines is 1. The lowest BCUT2D eigenvalue weighted by atomic mass is 9.86. The van der Waals surface area contributed by atoms with Crippen LogP contribution in [0.4, 0.5) is 5.82 Å². The SMILES string of the molecule is COc1ccc(C2CC(=O)Nc3c2cnn3Cc2cccnc2)c(OC)c1OC. The molecule has 150 valence electrons. The number of benzene rings is 1. The van der Waals surface area contributed by atoms with Gasteiger partial charge in [0.2, 0.25) is 11.7 Å². The molecule has 0 spiro atoms. The molecular weight excluding hydrogens is 372 g/mol. The topological polar surface area (TPSA) is 87.5 Å². The highest BCUT2D eigenvalue weighted by Crippen LogP contribution is 2.47. The van der Waals surface area contributed by atoms with Crippen LogP contribution < -0.4 is 19.5 Å². The fourth-order valence-electron chi connectivity index (χ4n) is 3.73. The van der Waals surface area contributed by atoms with Gasteiger partial charge in [-0.2, -0.15) is 5.10 Å². The summed E-state index contributed by atoms with van der Waals surface area (Å²) in [6, 6.07) is 7.58. The van der Waals surface area contributed by atoms with Gasteiger partial charge in [-0.15, -0.1) is 0 Å². The number of nitrogens with one attached hydrogen (secondary N) is 1. The monoisotopic (exact) mass is 394 g/mol. The highest BCUT2D eigenvalue weighted by atomic mass is 16.5.